The van der Waals surface area contributed by atoms with Crippen LogP contribution in [0.25, 0.3) is 0 Å². The lowest BCUT2D eigenvalue weighted by atomic mass is 10.2. The molecule has 0 atom stereocenters. The van der Waals surface area contributed by atoms with Crippen LogP contribution in [0.3, 0.4) is 0 Å². The Hall–Kier alpha value is -2.20. The molecule has 2 aromatic rings. The van der Waals surface area contributed by atoms with Crippen molar-refractivity contribution in [1.29, 1.82) is 0 Å². The summed E-state index contributed by atoms with van der Waals surface area (Å²) in [5, 5.41) is 3.49. The predicted molar refractivity (Wildman–Crippen MR) is 141 cm³/mol. The third-order valence-corrected chi connectivity index (χ3v) is 5.33. The number of halogens is 1. The van der Waals surface area contributed by atoms with Gasteiger partial charge in [0.2, 0.25) is 0 Å². The summed E-state index contributed by atoms with van der Waals surface area (Å²) in [6.07, 6.45) is 0.881. The lowest BCUT2D eigenvalue weighted by molar-refractivity contribution is 0.172. The second-order valence-corrected chi connectivity index (χ2v) is 7.39. The minimum atomic E-state index is 0. The lowest BCUT2D eigenvalue weighted by Crippen LogP contribution is -2.52. The number of para-hydroxylation sites is 2. The topological polar surface area (TPSA) is 58.6 Å². The highest BCUT2D eigenvalue weighted by Gasteiger charge is 2.21. The third-order valence-electron chi connectivity index (χ3n) is 5.33. The summed E-state index contributed by atoms with van der Waals surface area (Å²) in [7, 11) is 5.27. The van der Waals surface area contributed by atoms with E-state index in [2.05, 4.69) is 44.4 Å². The summed E-state index contributed by atoms with van der Waals surface area (Å²) in [6.45, 7) is 5.72. The molecule has 0 saturated carbocycles. The molecule has 0 aliphatic carbocycles. The average molecular weight is 554 g/mol. The molecular weight excluding hydrogens is 519 g/mol. The van der Waals surface area contributed by atoms with Gasteiger partial charge in [-0.05, 0) is 29.8 Å². The number of hydrogen-bond acceptors (Lipinski definition) is 5. The van der Waals surface area contributed by atoms with E-state index < -0.39 is 0 Å². The number of piperazine rings is 1. The Labute approximate surface area is 208 Å². The maximum atomic E-state index is 5.81. The minimum Gasteiger partial charge on any atom is -0.495 e. The maximum absolute atomic E-state index is 5.81. The minimum absolute atomic E-state index is 0. The Morgan fingerprint density at radius 3 is 2.50 bits per heavy atom. The zero-order valence-corrected chi connectivity index (χ0v) is 21.6. The van der Waals surface area contributed by atoms with Crippen molar-refractivity contribution in [2.75, 3.05) is 65.6 Å². The monoisotopic (exact) mass is 554 g/mol. The number of guanidine groups is 1. The molecule has 0 bridgehead atoms. The van der Waals surface area contributed by atoms with Crippen LogP contribution in [0, 0.1) is 0 Å². The Kier molecular flexibility index (Phi) is 11.4. The van der Waals surface area contributed by atoms with Crippen LogP contribution in [0.2, 0.25) is 0 Å². The molecule has 1 fully saturated rings. The summed E-state index contributed by atoms with van der Waals surface area (Å²) >= 11 is 0. The number of ether oxygens (including phenoxy) is 3. The van der Waals surface area contributed by atoms with Crippen molar-refractivity contribution in [3.63, 3.8) is 0 Å². The van der Waals surface area contributed by atoms with E-state index in [1.54, 1.807) is 14.2 Å². The third kappa shape index (κ3) is 7.44. The fourth-order valence-corrected chi connectivity index (χ4v) is 3.70. The standard InChI is InChI=1S/C24H34N4O3.HI/c1-25-24(26-19-20-8-6-9-21(18-20)31-17-7-16-29-2)28-14-12-27(13-15-28)22-10-4-5-11-23(22)30-3;/h4-6,8-11,18H,7,12-17,19H2,1-3H3,(H,25,26);1H. The Morgan fingerprint density at radius 1 is 1.00 bits per heavy atom. The highest BCUT2D eigenvalue weighted by Crippen LogP contribution is 2.28. The van der Waals surface area contributed by atoms with Gasteiger partial charge in [0.1, 0.15) is 11.5 Å². The molecule has 3 rings (SSSR count). The molecule has 1 saturated heterocycles. The molecule has 0 amide bonds. The molecule has 0 unspecified atom stereocenters. The average Bonchev–Trinajstić information content (AvgIpc) is 2.83. The van der Waals surface area contributed by atoms with Gasteiger partial charge in [0, 0.05) is 59.9 Å². The number of anilines is 1. The number of benzene rings is 2. The van der Waals surface area contributed by atoms with Gasteiger partial charge in [-0.25, -0.2) is 0 Å². The molecular formula is C24H35IN4O3. The molecule has 0 spiro atoms. The van der Waals surface area contributed by atoms with Crippen molar-refractivity contribution in [2.45, 2.75) is 13.0 Å². The van der Waals surface area contributed by atoms with E-state index in [1.807, 2.05) is 31.3 Å². The first-order valence-corrected chi connectivity index (χ1v) is 10.8. The molecule has 8 heteroatoms. The van der Waals surface area contributed by atoms with Crippen molar-refractivity contribution >= 4 is 35.6 Å². The van der Waals surface area contributed by atoms with Gasteiger partial charge in [0.25, 0.3) is 0 Å². The van der Waals surface area contributed by atoms with Crippen LogP contribution < -0.4 is 19.7 Å². The molecule has 1 aliphatic rings. The number of methoxy groups -OCH3 is 2. The number of aliphatic imine (C=N–C) groups is 1. The van der Waals surface area contributed by atoms with Crippen molar-refractivity contribution in [1.82, 2.24) is 10.2 Å². The zero-order valence-electron chi connectivity index (χ0n) is 19.3. The van der Waals surface area contributed by atoms with Crippen molar-refractivity contribution in [3.8, 4) is 11.5 Å². The molecule has 1 heterocycles. The van der Waals surface area contributed by atoms with Crippen LogP contribution >= 0.6 is 24.0 Å². The van der Waals surface area contributed by atoms with Gasteiger partial charge < -0.3 is 29.3 Å². The Balaban J connectivity index is 0.00000363. The molecule has 1 aliphatic heterocycles. The van der Waals surface area contributed by atoms with Crippen LogP contribution in [0.15, 0.2) is 53.5 Å². The fourth-order valence-electron chi connectivity index (χ4n) is 3.70. The van der Waals surface area contributed by atoms with Gasteiger partial charge in [-0.3, -0.25) is 4.99 Å². The summed E-state index contributed by atoms with van der Waals surface area (Å²) < 4.78 is 16.4. The smallest absolute Gasteiger partial charge is 0.194 e. The molecule has 7 nitrogen and oxygen atoms in total. The number of hydrogen-bond donors (Lipinski definition) is 1. The van der Waals surface area contributed by atoms with E-state index in [0.717, 1.165) is 61.3 Å². The normalized spacial score (nSPS) is 14.0. The zero-order chi connectivity index (χ0) is 21.9. The first kappa shape index (κ1) is 26.1. The van der Waals surface area contributed by atoms with Gasteiger partial charge in [-0.1, -0.05) is 24.3 Å². The number of nitrogens with one attached hydrogen (secondary N) is 1. The number of rotatable bonds is 9. The van der Waals surface area contributed by atoms with Gasteiger partial charge in [-0.2, -0.15) is 0 Å². The van der Waals surface area contributed by atoms with E-state index in [4.69, 9.17) is 14.2 Å². The first-order valence-electron chi connectivity index (χ1n) is 10.8. The first-order chi connectivity index (χ1) is 15.2. The van der Waals surface area contributed by atoms with E-state index in [-0.39, 0.29) is 24.0 Å². The van der Waals surface area contributed by atoms with E-state index in [9.17, 15) is 0 Å². The van der Waals surface area contributed by atoms with Gasteiger partial charge in [0.15, 0.2) is 5.96 Å². The fraction of sp³-hybridized carbons (Fsp3) is 0.458. The largest absolute Gasteiger partial charge is 0.495 e. The number of nitrogens with zero attached hydrogens (tertiary/aromatic N) is 3. The second kappa shape index (κ2) is 14.1. The van der Waals surface area contributed by atoms with Crippen LogP contribution in [0.1, 0.15) is 12.0 Å². The summed E-state index contributed by atoms with van der Waals surface area (Å²) in [4.78, 5) is 9.16. The molecule has 0 radical (unpaired) electrons. The van der Waals surface area contributed by atoms with Crippen molar-refractivity contribution in [2.24, 2.45) is 4.99 Å². The Morgan fingerprint density at radius 2 is 1.78 bits per heavy atom. The van der Waals surface area contributed by atoms with Crippen LogP contribution in [-0.2, 0) is 11.3 Å². The predicted octanol–water partition coefficient (Wildman–Crippen LogP) is 3.63. The highest BCUT2D eigenvalue weighted by atomic mass is 127. The van der Waals surface area contributed by atoms with E-state index in [1.165, 1.54) is 0 Å². The van der Waals surface area contributed by atoms with E-state index >= 15 is 0 Å². The molecule has 2 aromatic carbocycles. The van der Waals surface area contributed by atoms with Crippen LogP contribution in [-0.4, -0.2) is 71.5 Å². The van der Waals surface area contributed by atoms with Gasteiger partial charge in [-0.15, -0.1) is 24.0 Å². The van der Waals surface area contributed by atoms with Crippen LogP contribution in [0.5, 0.6) is 11.5 Å². The van der Waals surface area contributed by atoms with Crippen molar-refractivity contribution < 1.29 is 14.2 Å². The molecule has 176 valence electrons. The van der Waals surface area contributed by atoms with Crippen LogP contribution in [0.4, 0.5) is 5.69 Å². The van der Waals surface area contributed by atoms with Gasteiger partial charge in [0.05, 0.1) is 19.4 Å². The maximum Gasteiger partial charge on any atom is 0.194 e. The van der Waals surface area contributed by atoms with Crippen molar-refractivity contribution in [3.05, 3.63) is 54.1 Å². The summed E-state index contributed by atoms with van der Waals surface area (Å²) in [5.74, 6) is 2.73. The Bertz CT molecular complexity index is 841. The van der Waals surface area contributed by atoms with E-state index in [0.29, 0.717) is 19.8 Å². The quantitative estimate of drug-likeness (QED) is 0.221. The van der Waals surface area contributed by atoms with Gasteiger partial charge >= 0.3 is 0 Å². The molecule has 0 aromatic heterocycles. The SMILES string of the molecule is CN=C(NCc1cccc(OCCCOC)c1)N1CCN(c2ccccc2OC)CC1.I. The second-order valence-electron chi connectivity index (χ2n) is 7.39. The summed E-state index contributed by atoms with van der Waals surface area (Å²) in [6, 6.07) is 16.4. The molecule has 32 heavy (non-hydrogen) atoms. The highest BCUT2D eigenvalue weighted by molar-refractivity contribution is 14.0. The molecule has 1 N–H and O–H groups in total. The summed E-state index contributed by atoms with van der Waals surface area (Å²) in [5.41, 5.74) is 2.31. The lowest BCUT2D eigenvalue weighted by Gasteiger charge is -2.38.